The fourth-order valence-corrected chi connectivity index (χ4v) is 3.82. The lowest BCUT2D eigenvalue weighted by atomic mass is 10.2. The third kappa shape index (κ3) is 6.38. The molecule has 1 aromatic rings. The van der Waals surface area contributed by atoms with Gasteiger partial charge in [0.25, 0.3) is 0 Å². The lowest BCUT2D eigenvalue weighted by Crippen LogP contribution is -2.46. The second-order valence-electron chi connectivity index (χ2n) is 7.64. The number of nitrogens with one attached hydrogen (secondary N) is 1. The quantitative estimate of drug-likeness (QED) is 0.421. The van der Waals surface area contributed by atoms with Crippen molar-refractivity contribution in [3.05, 3.63) is 29.8 Å². The van der Waals surface area contributed by atoms with Gasteiger partial charge in [-0.25, -0.2) is 0 Å². The molecule has 0 aliphatic carbocycles. The van der Waals surface area contributed by atoms with E-state index in [0.717, 1.165) is 83.6 Å². The first-order valence-corrected chi connectivity index (χ1v) is 10.8. The number of ether oxygens (including phenoxy) is 2. The number of unbranched alkanes of at least 4 members (excludes halogenated alkanes) is 1. The van der Waals surface area contributed by atoms with Crippen molar-refractivity contribution in [2.45, 2.75) is 39.2 Å². The average molecular weight is 389 g/mol. The largest absolute Gasteiger partial charge is 0.494 e. The molecule has 2 saturated heterocycles. The Kier molecular flexibility index (Phi) is 8.42. The second kappa shape index (κ2) is 11.3. The lowest BCUT2D eigenvalue weighted by Gasteiger charge is -2.32. The number of aliphatic imine (C=N–C) groups is 1. The monoisotopic (exact) mass is 388 g/mol. The van der Waals surface area contributed by atoms with Crippen molar-refractivity contribution >= 4 is 5.96 Å². The molecule has 2 aliphatic rings. The zero-order valence-corrected chi connectivity index (χ0v) is 17.5. The summed E-state index contributed by atoms with van der Waals surface area (Å²) in [4.78, 5) is 9.87. The molecule has 0 amide bonds. The van der Waals surface area contributed by atoms with Crippen LogP contribution in [-0.4, -0.2) is 80.9 Å². The Morgan fingerprint density at radius 3 is 2.71 bits per heavy atom. The molecule has 2 fully saturated rings. The number of morpholine rings is 1. The minimum Gasteiger partial charge on any atom is -0.494 e. The van der Waals surface area contributed by atoms with Crippen LogP contribution in [0, 0.1) is 6.92 Å². The molecular formula is C22H36N4O2. The summed E-state index contributed by atoms with van der Waals surface area (Å²) in [5.74, 6) is 2.02. The van der Waals surface area contributed by atoms with E-state index in [1.165, 1.54) is 12.0 Å². The van der Waals surface area contributed by atoms with Gasteiger partial charge in [-0.3, -0.25) is 9.89 Å². The first-order valence-electron chi connectivity index (χ1n) is 10.8. The van der Waals surface area contributed by atoms with E-state index in [1.807, 2.05) is 12.1 Å². The summed E-state index contributed by atoms with van der Waals surface area (Å²) in [5, 5.41) is 3.47. The zero-order valence-electron chi connectivity index (χ0n) is 17.5. The Hall–Kier alpha value is -1.79. The number of likely N-dealkylation sites (tertiary alicyclic amines) is 1. The maximum absolute atomic E-state index is 5.81. The molecule has 6 heteroatoms. The standard InChI is InChI=1S/C22H36N4O2/c1-3-23-22(26-12-10-20(18-26)25-13-16-27-17-14-25)24-11-4-5-15-28-21-8-6-19(2)7-9-21/h6-9,20H,3-5,10-18H2,1-2H3,(H,23,24). The van der Waals surface area contributed by atoms with Crippen LogP contribution in [0.1, 0.15) is 31.7 Å². The van der Waals surface area contributed by atoms with Gasteiger partial charge in [0.1, 0.15) is 5.75 Å². The Morgan fingerprint density at radius 2 is 1.96 bits per heavy atom. The number of benzene rings is 1. The van der Waals surface area contributed by atoms with Gasteiger partial charge in [-0.05, 0) is 45.2 Å². The molecule has 156 valence electrons. The molecule has 0 bridgehead atoms. The molecule has 1 N–H and O–H groups in total. The van der Waals surface area contributed by atoms with Crippen molar-refractivity contribution < 1.29 is 9.47 Å². The summed E-state index contributed by atoms with van der Waals surface area (Å²) in [5.41, 5.74) is 1.26. The van der Waals surface area contributed by atoms with Gasteiger partial charge >= 0.3 is 0 Å². The SMILES string of the molecule is CCNC(=NCCCCOc1ccc(C)cc1)N1CCC(N2CCOCC2)C1. The second-order valence-corrected chi connectivity index (χ2v) is 7.64. The van der Waals surface area contributed by atoms with Gasteiger partial charge in [-0.1, -0.05) is 17.7 Å². The molecular weight excluding hydrogens is 352 g/mol. The molecule has 2 aliphatic heterocycles. The van der Waals surface area contributed by atoms with Crippen LogP contribution in [0.25, 0.3) is 0 Å². The number of hydrogen-bond donors (Lipinski definition) is 1. The Labute approximate surface area is 169 Å². The Bertz CT molecular complexity index is 599. The van der Waals surface area contributed by atoms with Crippen LogP contribution in [-0.2, 0) is 4.74 Å². The van der Waals surface area contributed by atoms with Crippen molar-refractivity contribution in [3.8, 4) is 5.75 Å². The van der Waals surface area contributed by atoms with Crippen molar-refractivity contribution in [1.29, 1.82) is 0 Å². The number of guanidine groups is 1. The van der Waals surface area contributed by atoms with Gasteiger partial charge < -0.3 is 19.7 Å². The van der Waals surface area contributed by atoms with E-state index in [0.29, 0.717) is 6.04 Å². The third-order valence-corrected chi connectivity index (χ3v) is 5.46. The van der Waals surface area contributed by atoms with Gasteiger partial charge in [0.2, 0.25) is 0 Å². The predicted molar refractivity (Wildman–Crippen MR) is 114 cm³/mol. The molecule has 0 aromatic heterocycles. The lowest BCUT2D eigenvalue weighted by molar-refractivity contribution is 0.0195. The van der Waals surface area contributed by atoms with Crippen molar-refractivity contribution in [2.24, 2.45) is 4.99 Å². The third-order valence-electron chi connectivity index (χ3n) is 5.46. The maximum atomic E-state index is 5.81. The van der Waals surface area contributed by atoms with E-state index in [1.54, 1.807) is 0 Å². The van der Waals surface area contributed by atoms with Crippen LogP contribution in [0.15, 0.2) is 29.3 Å². The number of nitrogens with zero attached hydrogens (tertiary/aromatic N) is 3. The maximum Gasteiger partial charge on any atom is 0.193 e. The molecule has 2 heterocycles. The summed E-state index contributed by atoms with van der Waals surface area (Å²) >= 11 is 0. The van der Waals surface area contributed by atoms with Gasteiger partial charge in [0, 0.05) is 45.3 Å². The summed E-state index contributed by atoms with van der Waals surface area (Å²) in [6.07, 6.45) is 3.28. The van der Waals surface area contributed by atoms with Crippen LogP contribution in [0.5, 0.6) is 5.75 Å². The van der Waals surface area contributed by atoms with Gasteiger partial charge in [0.15, 0.2) is 5.96 Å². The smallest absolute Gasteiger partial charge is 0.193 e. The molecule has 6 nitrogen and oxygen atoms in total. The molecule has 0 saturated carbocycles. The highest BCUT2D eigenvalue weighted by molar-refractivity contribution is 5.80. The number of hydrogen-bond acceptors (Lipinski definition) is 4. The average Bonchev–Trinajstić information content (AvgIpc) is 3.22. The first kappa shape index (κ1) is 20.9. The van der Waals surface area contributed by atoms with Gasteiger partial charge in [-0.15, -0.1) is 0 Å². The molecule has 1 aromatic carbocycles. The first-order chi connectivity index (χ1) is 13.8. The molecule has 0 radical (unpaired) electrons. The van der Waals surface area contributed by atoms with E-state index >= 15 is 0 Å². The van der Waals surface area contributed by atoms with Gasteiger partial charge in [0.05, 0.1) is 19.8 Å². The molecule has 3 rings (SSSR count). The number of aryl methyl sites for hydroxylation is 1. The highest BCUT2D eigenvalue weighted by Crippen LogP contribution is 2.17. The predicted octanol–water partition coefficient (Wildman–Crippen LogP) is 2.53. The highest BCUT2D eigenvalue weighted by atomic mass is 16.5. The normalized spacial score (nSPS) is 21.1. The van der Waals surface area contributed by atoms with Gasteiger partial charge in [-0.2, -0.15) is 0 Å². The minimum absolute atomic E-state index is 0.635. The van der Waals surface area contributed by atoms with Crippen LogP contribution < -0.4 is 10.1 Å². The Balaban J connectivity index is 1.38. The summed E-state index contributed by atoms with van der Waals surface area (Å²) in [7, 11) is 0. The van der Waals surface area contributed by atoms with E-state index in [-0.39, 0.29) is 0 Å². The van der Waals surface area contributed by atoms with E-state index in [2.05, 4.69) is 41.1 Å². The summed E-state index contributed by atoms with van der Waals surface area (Å²) in [6.45, 7) is 12.8. The molecule has 1 unspecified atom stereocenters. The minimum atomic E-state index is 0.635. The highest BCUT2D eigenvalue weighted by Gasteiger charge is 2.30. The van der Waals surface area contributed by atoms with Crippen molar-refractivity contribution in [2.75, 3.05) is 59.1 Å². The van der Waals surface area contributed by atoms with Crippen LogP contribution >= 0.6 is 0 Å². The summed E-state index contributed by atoms with van der Waals surface area (Å²) in [6, 6.07) is 8.88. The molecule has 28 heavy (non-hydrogen) atoms. The van der Waals surface area contributed by atoms with Crippen molar-refractivity contribution in [3.63, 3.8) is 0 Å². The molecule has 0 spiro atoms. The van der Waals surface area contributed by atoms with E-state index < -0.39 is 0 Å². The molecule has 1 atom stereocenters. The fraction of sp³-hybridized carbons (Fsp3) is 0.682. The van der Waals surface area contributed by atoms with Crippen LogP contribution in [0.2, 0.25) is 0 Å². The Morgan fingerprint density at radius 1 is 1.18 bits per heavy atom. The fourth-order valence-electron chi connectivity index (χ4n) is 3.82. The van der Waals surface area contributed by atoms with Crippen LogP contribution in [0.3, 0.4) is 0 Å². The van der Waals surface area contributed by atoms with Crippen LogP contribution in [0.4, 0.5) is 0 Å². The topological polar surface area (TPSA) is 49.3 Å². The van der Waals surface area contributed by atoms with E-state index in [4.69, 9.17) is 14.5 Å². The zero-order chi connectivity index (χ0) is 19.6. The summed E-state index contributed by atoms with van der Waals surface area (Å²) < 4.78 is 11.3. The number of rotatable bonds is 8. The van der Waals surface area contributed by atoms with Crippen molar-refractivity contribution in [1.82, 2.24) is 15.1 Å². The van der Waals surface area contributed by atoms with E-state index in [9.17, 15) is 0 Å².